The standard InChI is InChI=1S/C21H17Cl2N3O2S/c22-15-6-4-14(5-7-15)10-20(27)25-17-2-1-3-18(11-17)29-13-21(28)26-19-9-8-16(23)12-24-19/h1-9,11-12H,10,13H2,(H,25,27)(H,24,26,28). The van der Waals surface area contributed by atoms with E-state index in [1.807, 2.05) is 36.4 Å². The van der Waals surface area contributed by atoms with E-state index >= 15 is 0 Å². The summed E-state index contributed by atoms with van der Waals surface area (Å²) in [4.78, 5) is 29.2. The molecule has 3 rings (SSSR count). The van der Waals surface area contributed by atoms with Crippen LogP contribution in [0.1, 0.15) is 5.56 Å². The third-order valence-corrected chi connectivity index (χ3v) is 5.23. The van der Waals surface area contributed by atoms with Gasteiger partial charge in [-0.25, -0.2) is 4.98 Å². The Kier molecular flexibility index (Phi) is 7.52. The third kappa shape index (κ3) is 7.09. The van der Waals surface area contributed by atoms with E-state index in [-0.39, 0.29) is 24.0 Å². The minimum atomic E-state index is -0.179. The predicted octanol–water partition coefficient (Wildman–Crippen LogP) is 5.30. The van der Waals surface area contributed by atoms with E-state index in [1.165, 1.54) is 18.0 Å². The zero-order chi connectivity index (χ0) is 20.6. The lowest BCUT2D eigenvalue weighted by atomic mass is 10.1. The van der Waals surface area contributed by atoms with E-state index in [0.717, 1.165) is 10.5 Å². The molecule has 0 unspecified atom stereocenters. The Balaban J connectivity index is 1.50. The second-order valence-corrected chi connectivity index (χ2v) is 8.00. The SMILES string of the molecule is O=C(Cc1ccc(Cl)cc1)Nc1cccc(SCC(=O)Nc2ccc(Cl)cn2)c1. The van der Waals surface area contributed by atoms with Gasteiger partial charge in [0.15, 0.2) is 0 Å². The topological polar surface area (TPSA) is 71.1 Å². The van der Waals surface area contributed by atoms with Crippen LogP contribution < -0.4 is 10.6 Å². The van der Waals surface area contributed by atoms with Crippen molar-refractivity contribution in [1.29, 1.82) is 0 Å². The van der Waals surface area contributed by atoms with Crippen molar-refractivity contribution < 1.29 is 9.59 Å². The molecule has 0 aliphatic rings. The number of halogens is 2. The highest BCUT2D eigenvalue weighted by molar-refractivity contribution is 8.00. The molecule has 0 saturated carbocycles. The summed E-state index contributed by atoms with van der Waals surface area (Å²) in [5.74, 6) is 0.359. The molecule has 29 heavy (non-hydrogen) atoms. The summed E-state index contributed by atoms with van der Waals surface area (Å²) >= 11 is 13.0. The highest BCUT2D eigenvalue weighted by atomic mass is 35.5. The quantitative estimate of drug-likeness (QED) is 0.483. The molecule has 1 heterocycles. The van der Waals surface area contributed by atoms with Gasteiger partial charge in [-0.2, -0.15) is 0 Å². The molecule has 8 heteroatoms. The Morgan fingerprint density at radius 1 is 0.897 bits per heavy atom. The van der Waals surface area contributed by atoms with Gasteiger partial charge in [0, 0.05) is 21.8 Å². The smallest absolute Gasteiger partial charge is 0.235 e. The molecule has 0 saturated heterocycles. The maximum atomic E-state index is 12.2. The van der Waals surface area contributed by atoms with Crippen molar-refractivity contribution in [3.05, 3.63) is 82.5 Å². The normalized spacial score (nSPS) is 10.4. The zero-order valence-corrected chi connectivity index (χ0v) is 17.5. The summed E-state index contributed by atoms with van der Waals surface area (Å²) in [6.07, 6.45) is 1.73. The summed E-state index contributed by atoms with van der Waals surface area (Å²) in [6, 6.07) is 17.8. The van der Waals surface area contributed by atoms with Gasteiger partial charge in [0.2, 0.25) is 11.8 Å². The number of nitrogens with one attached hydrogen (secondary N) is 2. The molecular weight excluding hydrogens is 429 g/mol. The molecule has 1 aromatic heterocycles. The molecule has 2 N–H and O–H groups in total. The van der Waals surface area contributed by atoms with E-state index in [1.54, 1.807) is 24.3 Å². The van der Waals surface area contributed by atoms with Gasteiger partial charge < -0.3 is 10.6 Å². The number of rotatable bonds is 7. The van der Waals surface area contributed by atoms with Crippen LogP contribution in [0.5, 0.6) is 0 Å². The van der Waals surface area contributed by atoms with Crippen LogP contribution >= 0.6 is 35.0 Å². The summed E-state index contributed by atoms with van der Waals surface area (Å²) in [6.45, 7) is 0. The molecule has 148 valence electrons. The van der Waals surface area contributed by atoms with Crippen LogP contribution in [0.2, 0.25) is 10.0 Å². The lowest BCUT2D eigenvalue weighted by Crippen LogP contribution is -2.15. The highest BCUT2D eigenvalue weighted by Gasteiger charge is 2.07. The molecule has 2 amide bonds. The van der Waals surface area contributed by atoms with Crippen LogP contribution in [0.3, 0.4) is 0 Å². The van der Waals surface area contributed by atoms with Crippen molar-refractivity contribution in [2.45, 2.75) is 11.3 Å². The van der Waals surface area contributed by atoms with Crippen LogP contribution in [-0.4, -0.2) is 22.6 Å². The summed E-state index contributed by atoms with van der Waals surface area (Å²) < 4.78 is 0. The Morgan fingerprint density at radius 2 is 1.66 bits per heavy atom. The Hall–Kier alpha value is -2.54. The molecule has 3 aromatic rings. The Bertz CT molecular complexity index is 996. The number of carbonyl (C=O) groups excluding carboxylic acids is 2. The second kappa shape index (κ2) is 10.3. The van der Waals surface area contributed by atoms with Gasteiger partial charge >= 0.3 is 0 Å². The molecule has 0 fully saturated rings. The van der Waals surface area contributed by atoms with E-state index in [9.17, 15) is 9.59 Å². The first-order valence-electron chi connectivity index (χ1n) is 8.66. The molecule has 2 aromatic carbocycles. The van der Waals surface area contributed by atoms with Crippen molar-refractivity contribution >= 4 is 58.3 Å². The van der Waals surface area contributed by atoms with Crippen LogP contribution in [0.25, 0.3) is 0 Å². The largest absolute Gasteiger partial charge is 0.326 e. The van der Waals surface area contributed by atoms with Gasteiger partial charge in [-0.3, -0.25) is 9.59 Å². The number of thioether (sulfide) groups is 1. The van der Waals surface area contributed by atoms with Crippen molar-refractivity contribution in [2.24, 2.45) is 0 Å². The number of nitrogens with zero attached hydrogens (tertiary/aromatic N) is 1. The minimum Gasteiger partial charge on any atom is -0.326 e. The van der Waals surface area contributed by atoms with Crippen molar-refractivity contribution in [3.63, 3.8) is 0 Å². The van der Waals surface area contributed by atoms with Crippen molar-refractivity contribution in [3.8, 4) is 0 Å². The lowest BCUT2D eigenvalue weighted by molar-refractivity contribution is -0.115. The number of pyridine rings is 1. The number of carbonyl (C=O) groups is 2. The molecule has 0 aliphatic carbocycles. The van der Waals surface area contributed by atoms with Gasteiger partial charge in [0.05, 0.1) is 17.2 Å². The van der Waals surface area contributed by atoms with E-state index in [4.69, 9.17) is 23.2 Å². The zero-order valence-electron chi connectivity index (χ0n) is 15.2. The minimum absolute atomic E-state index is 0.124. The molecule has 0 spiro atoms. The fourth-order valence-corrected chi connectivity index (χ4v) is 3.43. The number of aromatic nitrogens is 1. The van der Waals surface area contributed by atoms with Crippen molar-refractivity contribution in [1.82, 2.24) is 4.98 Å². The number of hydrogen-bond acceptors (Lipinski definition) is 4. The van der Waals surface area contributed by atoms with Gasteiger partial charge in [-0.15, -0.1) is 11.8 Å². The first-order chi connectivity index (χ1) is 14.0. The first kappa shape index (κ1) is 21.2. The van der Waals surface area contributed by atoms with Gasteiger partial charge in [0.1, 0.15) is 5.82 Å². The summed E-state index contributed by atoms with van der Waals surface area (Å²) in [5, 5.41) is 6.72. The van der Waals surface area contributed by atoms with E-state index in [0.29, 0.717) is 21.6 Å². The van der Waals surface area contributed by atoms with Gasteiger partial charge in [-0.05, 0) is 48.0 Å². The Labute approximate surface area is 182 Å². The molecular formula is C21H17Cl2N3O2S. The highest BCUT2D eigenvalue weighted by Crippen LogP contribution is 2.22. The maximum Gasteiger partial charge on any atom is 0.235 e. The monoisotopic (exact) mass is 445 g/mol. The van der Waals surface area contributed by atoms with E-state index in [2.05, 4.69) is 15.6 Å². The Morgan fingerprint density at radius 3 is 2.38 bits per heavy atom. The van der Waals surface area contributed by atoms with Crippen LogP contribution in [0.15, 0.2) is 71.8 Å². The summed E-state index contributed by atoms with van der Waals surface area (Å²) in [7, 11) is 0. The second-order valence-electron chi connectivity index (χ2n) is 6.08. The molecule has 0 radical (unpaired) electrons. The van der Waals surface area contributed by atoms with Gasteiger partial charge in [0.25, 0.3) is 0 Å². The predicted molar refractivity (Wildman–Crippen MR) is 119 cm³/mol. The van der Waals surface area contributed by atoms with Crippen LogP contribution in [-0.2, 0) is 16.0 Å². The van der Waals surface area contributed by atoms with Crippen LogP contribution in [0.4, 0.5) is 11.5 Å². The number of anilines is 2. The van der Waals surface area contributed by atoms with Crippen LogP contribution in [0, 0.1) is 0 Å². The molecule has 0 aliphatic heterocycles. The lowest BCUT2D eigenvalue weighted by Gasteiger charge is -2.08. The van der Waals surface area contributed by atoms with Crippen molar-refractivity contribution in [2.75, 3.05) is 16.4 Å². The number of hydrogen-bond donors (Lipinski definition) is 2. The average molecular weight is 446 g/mol. The number of amides is 2. The third-order valence-electron chi connectivity index (χ3n) is 3.76. The number of benzene rings is 2. The molecule has 5 nitrogen and oxygen atoms in total. The van der Waals surface area contributed by atoms with E-state index < -0.39 is 0 Å². The average Bonchev–Trinajstić information content (AvgIpc) is 2.70. The summed E-state index contributed by atoms with van der Waals surface area (Å²) in [5.41, 5.74) is 1.55. The molecule has 0 bridgehead atoms. The molecule has 0 atom stereocenters. The fourth-order valence-electron chi connectivity index (χ4n) is 2.43. The van der Waals surface area contributed by atoms with Gasteiger partial charge in [-0.1, -0.05) is 41.4 Å². The maximum absolute atomic E-state index is 12.2. The fraction of sp³-hybridized carbons (Fsp3) is 0.0952. The first-order valence-corrected chi connectivity index (χ1v) is 10.4.